The van der Waals surface area contributed by atoms with Crippen LogP contribution in [-0.2, 0) is 0 Å². The number of rotatable bonds is 11. The molecule has 1 heterocycles. The van der Waals surface area contributed by atoms with Crippen molar-refractivity contribution in [3.8, 4) is 62.2 Å². The van der Waals surface area contributed by atoms with Crippen LogP contribution in [0, 0.1) is 11.3 Å². The maximum absolute atomic E-state index is 9.44. The zero-order valence-electron chi connectivity index (χ0n) is 34.4. The molecule has 5 nitrogen and oxygen atoms in total. The normalized spacial score (nSPS) is 10.8. The third-order valence-electron chi connectivity index (χ3n) is 11.3. The van der Waals surface area contributed by atoms with E-state index in [0.29, 0.717) is 5.56 Å². The van der Waals surface area contributed by atoms with Gasteiger partial charge >= 0.3 is 0 Å². The zero-order valence-corrected chi connectivity index (χ0v) is 34.4. The van der Waals surface area contributed by atoms with Crippen molar-refractivity contribution in [1.29, 1.82) is 5.26 Å². The number of nitrogens with zero attached hydrogens (tertiary/aromatic N) is 4. The lowest BCUT2D eigenvalue weighted by Crippen LogP contribution is -2.09. The van der Waals surface area contributed by atoms with Crippen molar-refractivity contribution < 1.29 is 0 Å². The van der Waals surface area contributed by atoms with E-state index in [1.54, 1.807) is 0 Å². The molecule has 5 heteroatoms. The number of nitrogens with one attached hydrogen (secondary N) is 1. The van der Waals surface area contributed by atoms with Gasteiger partial charge in [-0.15, -0.1) is 0 Å². The standard InChI is InChI=1S/C58H41N5/c59-41-42-21-23-49(24-22-42)58-60-56(47-29-25-43(26-30-47)45-33-37-54(38-34-45)62(50-13-5-1-6-14-50)51-15-7-2-8-16-51)57(61-58)48-31-27-44(28-32-48)46-35-39-55(40-36-46)63(52-17-9-3-10-18-52)53-19-11-4-12-20-53/h1-40H,(H,60,61). The first-order valence-electron chi connectivity index (χ1n) is 21.0. The summed E-state index contributed by atoms with van der Waals surface area (Å²) >= 11 is 0. The number of para-hydroxylation sites is 4. The van der Waals surface area contributed by atoms with Gasteiger partial charge in [0.25, 0.3) is 0 Å². The number of imidazole rings is 1. The van der Waals surface area contributed by atoms with Crippen molar-refractivity contribution in [2.24, 2.45) is 0 Å². The van der Waals surface area contributed by atoms with Crippen molar-refractivity contribution in [3.05, 3.63) is 248 Å². The van der Waals surface area contributed by atoms with Crippen LogP contribution < -0.4 is 9.80 Å². The number of aromatic nitrogens is 2. The van der Waals surface area contributed by atoms with Gasteiger partial charge in [0.2, 0.25) is 0 Å². The molecule has 1 aromatic heterocycles. The monoisotopic (exact) mass is 807 g/mol. The van der Waals surface area contributed by atoms with Gasteiger partial charge in [0.1, 0.15) is 5.82 Å². The van der Waals surface area contributed by atoms with Gasteiger partial charge in [0.05, 0.1) is 23.0 Å². The highest BCUT2D eigenvalue weighted by Gasteiger charge is 2.18. The van der Waals surface area contributed by atoms with E-state index in [2.05, 4.69) is 215 Å². The van der Waals surface area contributed by atoms with Crippen molar-refractivity contribution in [2.45, 2.75) is 0 Å². The van der Waals surface area contributed by atoms with Crippen LogP contribution in [0.4, 0.5) is 34.1 Å². The third-order valence-corrected chi connectivity index (χ3v) is 11.3. The summed E-state index contributed by atoms with van der Waals surface area (Å²) in [5, 5.41) is 9.44. The van der Waals surface area contributed by atoms with E-state index in [1.807, 2.05) is 48.5 Å². The largest absolute Gasteiger partial charge is 0.337 e. The van der Waals surface area contributed by atoms with Crippen LogP contribution in [0.3, 0.4) is 0 Å². The molecular weight excluding hydrogens is 767 g/mol. The molecule has 0 saturated heterocycles. The maximum Gasteiger partial charge on any atom is 0.138 e. The molecule has 0 amide bonds. The van der Waals surface area contributed by atoms with Gasteiger partial charge in [-0.25, -0.2) is 4.98 Å². The molecule has 1 N–H and O–H groups in total. The quantitative estimate of drug-likeness (QED) is 0.141. The van der Waals surface area contributed by atoms with E-state index < -0.39 is 0 Å². The van der Waals surface area contributed by atoms with Crippen LogP contribution in [-0.4, -0.2) is 9.97 Å². The molecule has 0 aliphatic rings. The van der Waals surface area contributed by atoms with Crippen LogP contribution in [0.5, 0.6) is 0 Å². The Balaban J connectivity index is 0.944. The summed E-state index contributed by atoms with van der Waals surface area (Å²) in [5.74, 6) is 0.742. The maximum atomic E-state index is 9.44. The van der Waals surface area contributed by atoms with Crippen LogP contribution in [0.1, 0.15) is 5.56 Å². The van der Waals surface area contributed by atoms with Gasteiger partial charge in [-0.2, -0.15) is 5.26 Å². The summed E-state index contributed by atoms with van der Waals surface area (Å²) in [6.07, 6.45) is 0. The van der Waals surface area contributed by atoms with E-state index in [9.17, 15) is 5.26 Å². The summed E-state index contributed by atoms with van der Waals surface area (Å²) in [7, 11) is 0. The SMILES string of the molecule is N#Cc1ccc(-c2nc(-c3ccc(-c4ccc(N(c5ccccc5)c5ccccc5)cc4)cc3)c(-c3ccc(-c4ccc(N(c5ccccc5)c5ccccc5)cc4)cc3)[nH]2)cc1. The molecule has 10 rings (SSSR count). The second-order valence-electron chi connectivity index (χ2n) is 15.3. The average Bonchev–Trinajstić information content (AvgIpc) is 3.82. The van der Waals surface area contributed by atoms with Crippen LogP contribution >= 0.6 is 0 Å². The van der Waals surface area contributed by atoms with E-state index in [-0.39, 0.29) is 0 Å². The smallest absolute Gasteiger partial charge is 0.138 e. The Morgan fingerprint density at radius 3 is 0.984 bits per heavy atom. The molecule has 0 fully saturated rings. The summed E-state index contributed by atoms with van der Waals surface area (Å²) in [4.78, 5) is 13.4. The minimum atomic E-state index is 0.610. The van der Waals surface area contributed by atoms with Crippen molar-refractivity contribution in [2.75, 3.05) is 9.80 Å². The number of anilines is 6. The molecule has 0 saturated carbocycles. The molecular formula is C58H41N5. The first-order valence-corrected chi connectivity index (χ1v) is 21.0. The van der Waals surface area contributed by atoms with E-state index in [0.717, 1.165) is 90.3 Å². The van der Waals surface area contributed by atoms with Gasteiger partial charge in [0.15, 0.2) is 0 Å². The highest BCUT2D eigenvalue weighted by Crippen LogP contribution is 2.39. The first kappa shape index (κ1) is 38.5. The Morgan fingerprint density at radius 2 is 0.619 bits per heavy atom. The Bertz CT molecular complexity index is 2840. The first-order chi connectivity index (χ1) is 31.2. The van der Waals surface area contributed by atoms with Crippen molar-refractivity contribution in [3.63, 3.8) is 0 Å². The lowest BCUT2D eigenvalue weighted by molar-refractivity contribution is 1.28. The van der Waals surface area contributed by atoms with E-state index in [4.69, 9.17) is 4.98 Å². The van der Waals surface area contributed by atoms with Gasteiger partial charge in [0, 0.05) is 50.8 Å². The highest BCUT2D eigenvalue weighted by molar-refractivity contribution is 5.85. The summed E-state index contributed by atoms with van der Waals surface area (Å²) in [6, 6.07) is 86.3. The predicted molar refractivity (Wildman–Crippen MR) is 260 cm³/mol. The number of aromatic amines is 1. The summed E-state index contributed by atoms with van der Waals surface area (Å²) in [5.41, 5.74) is 16.4. The molecule has 0 aliphatic carbocycles. The Labute approximate surface area is 368 Å². The van der Waals surface area contributed by atoms with Crippen molar-refractivity contribution >= 4 is 34.1 Å². The fourth-order valence-corrected chi connectivity index (χ4v) is 8.09. The van der Waals surface area contributed by atoms with Crippen LogP contribution in [0.15, 0.2) is 243 Å². The lowest BCUT2D eigenvalue weighted by atomic mass is 9.98. The molecule has 63 heavy (non-hydrogen) atoms. The molecule has 0 atom stereocenters. The fraction of sp³-hybridized carbons (Fsp3) is 0. The summed E-state index contributed by atoms with van der Waals surface area (Å²) in [6.45, 7) is 0. The molecule has 0 spiro atoms. The lowest BCUT2D eigenvalue weighted by Gasteiger charge is -2.25. The van der Waals surface area contributed by atoms with E-state index in [1.165, 1.54) is 0 Å². The number of nitriles is 1. The van der Waals surface area contributed by atoms with Gasteiger partial charge < -0.3 is 14.8 Å². The molecule has 298 valence electrons. The predicted octanol–water partition coefficient (Wildman–Crippen LogP) is 15.6. The highest BCUT2D eigenvalue weighted by atomic mass is 15.1. The molecule has 9 aromatic carbocycles. The minimum absolute atomic E-state index is 0.610. The topological polar surface area (TPSA) is 59.0 Å². The summed E-state index contributed by atoms with van der Waals surface area (Å²) < 4.78 is 0. The molecule has 0 radical (unpaired) electrons. The van der Waals surface area contributed by atoms with Gasteiger partial charge in [-0.3, -0.25) is 0 Å². The number of benzene rings is 9. The van der Waals surface area contributed by atoms with Gasteiger partial charge in [-0.05, 0) is 119 Å². The molecule has 0 bridgehead atoms. The zero-order chi connectivity index (χ0) is 42.4. The third kappa shape index (κ3) is 8.13. The van der Waals surface area contributed by atoms with Crippen LogP contribution in [0.25, 0.3) is 56.2 Å². The van der Waals surface area contributed by atoms with E-state index >= 15 is 0 Å². The Kier molecular flexibility index (Phi) is 10.7. The Hall–Kier alpha value is -8.72. The Morgan fingerprint density at radius 1 is 0.317 bits per heavy atom. The number of hydrogen-bond donors (Lipinski definition) is 1. The average molecular weight is 808 g/mol. The van der Waals surface area contributed by atoms with Crippen LogP contribution in [0.2, 0.25) is 0 Å². The van der Waals surface area contributed by atoms with Crippen molar-refractivity contribution in [1.82, 2.24) is 9.97 Å². The second kappa shape index (κ2) is 17.5. The molecule has 10 aromatic rings. The minimum Gasteiger partial charge on any atom is -0.337 e. The fourth-order valence-electron chi connectivity index (χ4n) is 8.09. The molecule has 0 unspecified atom stereocenters. The molecule has 0 aliphatic heterocycles. The number of H-pyrrole nitrogens is 1. The number of hydrogen-bond acceptors (Lipinski definition) is 4. The van der Waals surface area contributed by atoms with Gasteiger partial charge in [-0.1, -0.05) is 146 Å². The second-order valence-corrected chi connectivity index (χ2v) is 15.3.